The highest BCUT2D eigenvalue weighted by Gasteiger charge is 2.06. The summed E-state index contributed by atoms with van der Waals surface area (Å²) in [4.78, 5) is 0. The highest BCUT2D eigenvalue weighted by Crippen LogP contribution is 2.16. The van der Waals surface area contributed by atoms with Gasteiger partial charge >= 0.3 is 0 Å². The molecular formula is C12H15N3. The second-order valence-corrected chi connectivity index (χ2v) is 3.67. The van der Waals surface area contributed by atoms with E-state index in [1.807, 2.05) is 42.8 Å². The average Bonchev–Trinajstić information content (AvgIpc) is 2.57. The Kier molecular flexibility index (Phi) is 2.56. The quantitative estimate of drug-likeness (QED) is 0.807. The van der Waals surface area contributed by atoms with Gasteiger partial charge < -0.3 is 5.73 Å². The first kappa shape index (κ1) is 9.93. The Morgan fingerprint density at radius 1 is 1.27 bits per heavy atom. The minimum atomic E-state index is 0.536. The lowest BCUT2D eigenvalue weighted by atomic mass is 10.2. The number of nitrogens with two attached hydrogens (primary N) is 1. The fourth-order valence-electron chi connectivity index (χ4n) is 1.76. The van der Waals surface area contributed by atoms with Crippen LogP contribution in [0.2, 0.25) is 0 Å². The van der Waals surface area contributed by atoms with E-state index in [4.69, 9.17) is 5.73 Å². The zero-order valence-corrected chi connectivity index (χ0v) is 9.07. The van der Waals surface area contributed by atoms with Gasteiger partial charge in [0.2, 0.25) is 0 Å². The molecule has 3 heteroatoms. The predicted octanol–water partition coefficient (Wildman–Crippen LogP) is 1.95. The van der Waals surface area contributed by atoms with Crippen molar-refractivity contribution in [3.8, 4) is 5.69 Å². The van der Waals surface area contributed by atoms with E-state index in [1.165, 1.54) is 0 Å². The Hall–Kier alpha value is -1.61. The molecule has 0 fully saturated rings. The molecule has 2 aromatic rings. The molecule has 2 N–H and O–H groups in total. The van der Waals surface area contributed by atoms with E-state index >= 15 is 0 Å². The molecule has 78 valence electrons. The molecule has 0 bridgehead atoms. The fraction of sp³-hybridized carbons (Fsp3) is 0.250. The first-order valence-electron chi connectivity index (χ1n) is 5.04. The smallest absolute Gasteiger partial charge is 0.0693 e. The third kappa shape index (κ3) is 1.78. The summed E-state index contributed by atoms with van der Waals surface area (Å²) in [5, 5.41) is 4.45. The number of aromatic nitrogens is 2. The summed E-state index contributed by atoms with van der Waals surface area (Å²) in [6.45, 7) is 4.58. The molecule has 0 radical (unpaired) electrons. The van der Waals surface area contributed by atoms with E-state index < -0.39 is 0 Å². The zero-order valence-electron chi connectivity index (χ0n) is 9.07. The van der Waals surface area contributed by atoms with Crippen LogP contribution in [0.4, 0.5) is 0 Å². The first-order chi connectivity index (χ1) is 7.22. The van der Waals surface area contributed by atoms with Gasteiger partial charge in [-0.3, -0.25) is 0 Å². The summed E-state index contributed by atoms with van der Waals surface area (Å²) in [5.74, 6) is 0. The lowest BCUT2D eigenvalue weighted by Gasteiger charge is -2.09. The van der Waals surface area contributed by atoms with E-state index in [0.717, 1.165) is 22.6 Å². The minimum absolute atomic E-state index is 0.536. The van der Waals surface area contributed by atoms with E-state index in [1.54, 1.807) is 0 Å². The third-order valence-corrected chi connectivity index (χ3v) is 2.45. The van der Waals surface area contributed by atoms with Crippen molar-refractivity contribution in [1.29, 1.82) is 0 Å². The lowest BCUT2D eigenvalue weighted by molar-refractivity contribution is 0.818. The number of nitrogens with zero attached hydrogens (tertiary/aromatic N) is 2. The molecule has 15 heavy (non-hydrogen) atoms. The average molecular weight is 201 g/mol. The highest BCUT2D eigenvalue weighted by atomic mass is 15.3. The van der Waals surface area contributed by atoms with Crippen LogP contribution in [0.3, 0.4) is 0 Å². The Morgan fingerprint density at radius 2 is 2.00 bits per heavy atom. The SMILES string of the molecule is Cc1cc(C)n(-c2ccccc2CN)n1. The summed E-state index contributed by atoms with van der Waals surface area (Å²) in [5.41, 5.74) is 10.1. The van der Waals surface area contributed by atoms with E-state index in [-0.39, 0.29) is 0 Å². The lowest BCUT2D eigenvalue weighted by Crippen LogP contribution is -2.06. The molecule has 3 nitrogen and oxygen atoms in total. The number of hydrogen-bond donors (Lipinski definition) is 1. The van der Waals surface area contributed by atoms with Crippen LogP contribution in [0.15, 0.2) is 30.3 Å². The van der Waals surface area contributed by atoms with Gasteiger partial charge in [0.15, 0.2) is 0 Å². The maximum atomic E-state index is 5.70. The summed E-state index contributed by atoms with van der Waals surface area (Å²) in [7, 11) is 0. The number of hydrogen-bond acceptors (Lipinski definition) is 2. The van der Waals surface area contributed by atoms with Gasteiger partial charge in [0, 0.05) is 12.2 Å². The molecule has 1 heterocycles. The summed E-state index contributed by atoms with van der Waals surface area (Å²) >= 11 is 0. The molecule has 0 spiro atoms. The van der Waals surface area contributed by atoms with Crippen molar-refractivity contribution < 1.29 is 0 Å². The van der Waals surface area contributed by atoms with Crippen LogP contribution in [0.5, 0.6) is 0 Å². The molecule has 0 atom stereocenters. The summed E-state index contributed by atoms with van der Waals surface area (Å²) < 4.78 is 1.94. The second kappa shape index (κ2) is 3.87. The first-order valence-corrected chi connectivity index (χ1v) is 5.04. The maximum absolute atomic E-state index is 5.70. The van der Waals surface area contributed by atoms with Gasteiger partial charge in [0.25, 0.3) is 0 Å². The normalized spacial score (nSPS) is 10.6. The highest BCUT2D eigenvalue weighted by molar-refractivity contribution is 5.41. The van der Waals surface area contributed by atoms with Crippen LogP contribution in [-0.4, -0.2) is 9.78 Å². The van der Waals surface area contributed by atoms with Gasteiger partial charge in [-0.15, -0.1) is 0 Å². The van der Waals surface area contributed by atoms with Crippen molar-refractivity contribution in [2.45, 2.75) is 20.4 Å². The van der Waals surface area contributed by atoms with Crippen LogP contribution in [0.1, 0.15) is 17.0 Å². The van der Waals surface area contributed by atoms with E-state index in [2.05, 4.69) is 11.2 Å². The molecule has 0 aliphatic carbocycles. The summed E-state index contributed by atoms with van der Waals surface area (Å²) in [6.07, 6.45) is 0. The number of rotatable bonds is 2. The van der Waals surface area contributed by atoms with Gasteiger partial charge in [-0.25, -0.2) is 4.68 Å². The van der Waals surface area contributed by atoms with Crippen molar-refractivity contribution in [2.24, 2.45) is 5.73 Å². The molecule has 0 unspecified atom stereocenters. The van der Waals surface area contributed by atoms with Gasteiger partial charge in [0.1, 0.15) is 0 Å². The Labute approximate surface area is 89.5 Å². The zero-order chi connectivity index (χ0) is 10.8. The number of para-hydroxylation sites is 1. The molecule has 0 amide bonds. The molecule has 2 rings (SSSR count). The van der Waals surface area contributed by atoms with Crippen LogP contribution in [0, 0.1) is 13.8 Å². The standard InChI is InChI=1S/C12H15N3/c1-9-7-10(2)15(14-9)12-6-4-3-5-11(12)8-13/h3-7H,8,13H2,1-2H3. The monoisotopic (exact) mass is 201 g/mol. The van der Waals surface area contributed by atoms with Gasteiger partial charge in [0.05, 0.1) is 11.4 Å². The predicted molar refractivity (Wildman–Crippen MR) is 60.9 cm³/mol. The fourth-order valence-corrected chi connectivity index (χ4v) is 1.76. The van der Waals surface area contributed by atoms with Crippen molar-refractivity contribution in [3.63, 3.8) is 0 Å². The topological polar surface area (TPSA) is 43.8 Å². The number of benzene rings is 1. The van der Waals surface area contributed by atoms with Crippen molar-refractivity contribution in [2.75, 3.05) is 0 Å². The maximum Gasteiger partial charge on any atom is 0.0693 e. The molecule has 0 saturated carbocycles. The molecule has 0 aliphatic rings. The van der Waals surface area contributed by atoms with Crippen LogP contribution < -0.4 is 5.73 Å². The Bertz CT molecular complexity index is 471. The van der Waals surface area contributed by atoms with E-state index in [9.17, 15) is 0 Å². The Balaban J connectivity index is 2.58. The molecule has 0 saturated heterocycles. The molecule has 1 aromatic carbocycles. The van der Waals surface area contributed by atoms with Crippen LogP contribution >= 0.6 is 0 Å². The molecule has 0 aliphatic heterocycles. The number of aryl methyl sites for hydroxylation is 2. The van der Waals surface area contributed by atoms with Crippen molar-refractivity contribution in [3.05, 3.63) is 47.3 Å². The van der Waals surface area contributed by atoms with E-state index in [0.29, 0.717) is 6.54 Å². The summed E-state index contributed by atoms with van der Waals surface area (Å²) in [6, 6.07) is 10.1. The minimum Gasteiger partial charge on any atom is -0.326 e. The largest absolute Gasteiger partial charge is 0.326 e. The van der Waals surface area contributed by atoms with Gasteiger partial charge in [-0.1, -0.05) is 18.2 Å². The van der Waals surface area contributed by atoms with Crippen LogP contribution in [-0.2, 0) is 6.54 Å². The van der Waals surface area contributed by atoms with Crippen molar-refractivity contribution >= 4 is 0 Å². The Morgan fingerprint density at radius 3 is 2.60 bits per heavy atom. The third-order valence-electron chi connectivity index (χ3n) is 2.45. The van der Waals surface area contributed by atoms with Crippen molar-refractivity contribution in [1.82, 2.24) is 9.78 Å². The van der Waals surface area contributed by atoms with Gasteiger partial charge in [-0.2, -0.15) is 5.10 Å². The second-order valence-electron chi connectivity index (χ2n) is 3.67. The molecule has 1 aromatic heterocycles. The van der Waals surface area contributed by atoms with Gasteiger partial charge in [-0.05, 0) is 31.5 Å². The molecular weight excluding hydrogens is 186 g/mol. The van der Waals surface area contributed by atoms with Crippen LogP contribution in [0.25, 0.3) is 5.69 Å².